The topological polar surface area (TPSA) is 20.2 Å². The van der Waals surface area contributed by atoms with Crippen molar-refractivity contribution in [3.05, 3.63) is 28.8 Å². The average molecular weight is 147 g/mol. The Morgan fingerprint density at radius 1 is 1.30 bits per heavy atom. The van der Waals surface area contributed by atoms with Gasteiger partial charge in [0, 0.05) is 12.3 Å². The fourth-order valence-corrected chi connectivity index (χ4v) is 0.490. The van der Waals surface area contributed by atoms with Gasteiger partial charge in [-0.25, -0.2) is 0 Å². The molecule has 0 atom stereocenters. The lowest BCUT2D eigenvalue weighted by molar-refractivity contribution is 0.466. The largest absolute Gasteiger partial charge is 0.507 e. The van der Waals surface area contributed by atoms with Gasteiger partial charge in [-0.3, -0.25) is 0 Å². The molecule has 54 valence electrons. The molecule has 0 aliphatic carbocycles. The summed E-state index contributed by atoms with van der Waals surface area (Å²) in [5, 5.41) is 9.94. The molecule has 1 aromatic carbocycles. The first-order valence-corrected chi connectivity index (χ1v) is 2.47. The van der Waals surface area contributed by atoms with Gasteiger partial charge in [-0.05, 0) is 37.2 Å². The third-order valence-corrected chi connectivity index (χ3v) is 1.04. The zero-order valence-corrected chi connectivity index (χ0v) is 4.95. The summed E-state index contributed by atoms with van der Waals surface area (Å²) in [5.74, 6) is -1.29. The van der Waals surface area contributed by atoms with Crippen molar-refractivity contribution in [1.82, 2.24) is 0 Å². The Kier molecular flexibility index (Phi) is 0.337. The Balaban J connectivity index is 4.05. The Morgan fingerprint density at radius 3 is 2.60 bits per heavy atom. The zero-order valence-electron chi connectivity index (χ0n) is 15.9. The van der Waals surface area contributed by atoms with Crippen molar-refractivity contribution in [2.75, 3.05) is 0 Å². The number of phenols is 1. The van der Waals surface area contributed by atoms with Crippen molar-refractivity contribution < 1.29 is 20.2 Å². The number of hydrogen-bond acceptors (Lipinski definition) is 1. The van der Waals surface area contributed by atoms with Crippen LogP contribution in [0.2, 0.25) is 0 Å². The highest BCUT2D eigenvalue weighted by Gasteiger charge is 2.00. The second-order valence-electron chi connectivity index (χ2n) is 1.72. The predicted octanol–water partition coefficient (Wildman–Crippen LogP) is 2.32. The molecular formula is C9H12O. The normalized spacial score (nSPS) is 29.8. The molecule has 1 rings (SSSR count). The minimum atomic E-state index is -3.14. The molecule has 1 heteroatoms. The van der Waals surface area contributed by atoms with Crippen molar-refractivity contribution in [3.8, 4) is 5.75 Å². The lowest BCUT2D eigenvalue weighted by Crippen LogP contribution is -1.83. The smallest absolute Gasteiger partial charge is 0.121 e. The molecule has 1 N–H and O–H groups in total. The van der Waals surface area contributed by atoms with E-state index >= 15 is 0 Å². The van der Waals surface area contributed by atoms with Crippen molar-refractivity contribution in [1.29, 1.82) is 0 Å². The van der Waals surface area contributed by atoms with Crippen molar-refractivity contribution in [2.45, 2.75) is 20.6 Å². The van der Waals surface area contributed by atoms with Crippen molar-refractivity contribution >= 4 is 0 Å². The fraction of sp³-hybridized carbons (Fsp3) is 0.333. The summed E-state index contributed by atoms with van der Waals surface area (Å²) >= 11 is 0. The molecule has 1 nitrogen and oxygen atoms in total. The Bertz CT molecular complexity index is 563. The lowest BCUT2D eigenvalue weighted by Gasteiger charge is -2.04. The van der Waals surface area contributed by atoms with Crippen LogP contribution < -0.4 is 0 Å². The predicted molar refractivity (Wildman–Crippen MR) is 42.3 cm³/mol. The van der Waals surface area contributed by atoms with Crippen LogP contribution in [0.3, 0.4) is 0 Å². The minimum Gasteiger partial charge on any atom is -0.507 e. The maximum absolute atomic E-state index is 9.94. The van der Waals surface area contributed by atoms with Gasteiger partial charge in [0.2, 0.25) is 0 Å². The molecule has 0 amide bonds. The number of benzene rings is 1. The van der Waals surface area contributed by atoms with Crippen molar-refractivity contribution in [2.24, 2.45) is 0 Å². The van der Waals surface area contributed by atoms with E-state index in [4.69, 9.17) is 15.1 Å². The van der Waals surface area contributed by atoms with Gasteiger partial charge in [0.15, 0.2) is 0 Å². The molecule has 0 aliphatic rings. The molecule has 1 aromatic rings. The molecule has 0 bridgehead atoms. The summed E-state index contributed by atoms with van der Waals surface area (Å²) in [7, 11) is 0. The molecule has 0 spiro atoms. The molecule has 0 saturated carbocycles. The molecule has 0 fully saturated rings. The standard InChI is InChI=1S/C9H12O/c1-6-4-5-7(2)9(10)8(6)3/h4-5,10H,1-3H3/i1D3,2D3,3D3,4D,5D. The second kappa shape index (κ2) is 2.33. The van der Waals surface area contributed by atoms with E-state index in [0.29, 0.717) is 0 Å². The van der Waals surface area contributed by atoms with Gasteiger partial charge in [-0.2, -0.15) is 0 Å². The van der Waals surface area contributed by atoms with Gasteiger partial charge >= 0.3 is 0 Å². The molecule has 0 saturated heterocycles. The maximum Gasteiger partial charge on any atom is 0.121 e. The van der Waals surface area contributed by atoms with Crippen molar-refractivity contribution in [3.63, 3.8) is 0 Å². The average Bonchev–Trinajstić information content (AvgIpc) is 2.17. The third-order valence-electron chi connectivity index (χ3n) is 1.04. The first kappa shape index (κ1) is 1.45. The van der Waals surface area contributed by atoms with Crippen LogP contribution in [0, 0.1) is 20.6 Å². The quantitative estimate of drug-likeness (QED) is 0.597. The van der Waals surface area contributed by atoms with Crippen LogP contribution >= 0.6 is 0 Å². The van der Waals surface area contributed by atoms with Crippen LogP contribution in [0.25, 0.3) is 0 Å². The van der Waals surface area contributed by atoms with E-state index < -0.39 is 55.1 Å². The Morgan fingerprint density at radius 2 is 2.00 bits per heavy atom. The van der Waals surface area contributed by atoms with Crippen LogP contribution in [-0.4, -0.2) is 5.11 Å². The summed E-state index contributed by atoms with van der Waals surface area (Å²) in [6.07, 6.45) is 0. The molecule has 0 unspecified atom stereocenters. The Labute approximate surface area is 76.8 Å². The van der Waals surface area contributed by atoms with Crippen LogP contribution in [0.4, 0.5) is 0 Å². The highest BCUT2D eigenvalue weighted by Crippen LogP contribution is 2.23. The number of rotatable bonds is 0. The number of aromatic hydroxyl groups is 1. The van der Waals surface area contributed by atoms with Gasteiger partial charge in [0.25, 0.3) is 0 Å². The summed E-state index contributed by atoms with van der Waals surface area (Å²) in [6, 6.07) is -2.06. The Hall–Kier alpha value is -0.980. The van der Waals surface area contributed by atoms with Gasteiger partial charge in [0.05, 0.1) is 2.74 Å². The van der Waals surface area contributed by atoms with Crippen LogP contribution in [0.5, 0.6) is 5.75 Å². The summed E-state index contributed by atoms with van der Waals surface area (Å²) < 4.78 is 80.6. The molecule has 0 radical (unpaired) electrons. The van der Waals surface area contributed by atoms with Crippen LogP contribution in [0.1, 0.15) is 31.8 Å². The van der Waals surface area contributed by atoms with E-state index in [1.807, 2.05) is 0 Å². The number of hydrogen-bond donors (Lipinski definition) is 1. The molecule has 0 aliphatic heterocycles. The SMILES string of the molecule is [2H]c1c([2H])c(C([2H])([2H])[2H])c(C([2H])([2H])[2H])c(O)c1C([2H])([2H])[2H]. The molecule has 10 heavy (non-hydrogen) atoms. The van der Waals surface area contributed by atoms with Gasteiger partial charge in [-0.1, -0.05) is 12.1 Å². The highest BCUT2D eigenvalue weighted by molar-refractivity contribution is 5.43. The van der Waals surface area contributed by atoms with Gasteiger partial charge in [0.1, 0.15) is 5.75 Å². The third kappa shape index (κ3) is 0.991. The van der Waals surface area contributed by atoms with E-state index in [1.54, 1.807) is 0 Å². The minimum absolute atomic E-state index is 1.02. The van der Waals surface area contributed by atoms with E-state index in [-0.39, 0.29) is 0 Å². The first-order valence-electron chi connectivity index (χ1n) is 7.97. The van der Waals surface area contributed by atoms with Gasteiger partial charge < -0.3 is 5.11 Å². The van der Waals surface area contributed by atoms with Crippen LogP contribution in [0.15, 0.2) is 12.1 Å². The summed E-state index contributed by atoms with van der Waals surface area (Å²) in [6.45, 7) is -9.27. The number of phenolic OH excluding ortho intramolecular Hbond substituents is 1. The van der Waals surface area contributed by atoms with E-state index in [1.165, 1.54) is 0 Å². The molecule has 0 aromatic heterocycles. The fourth-order valence-electron chi connectivity index (χ4n) is 0.490. The summed E-state index contributed by atoms with van der Waals surface area (Å²) in [4.78, 5) is 0. The maximum atomic E-state index is 9.94. The summed E-state index contributed by atoms with van der Waals surface area (Å²) in [5.41, 5.74) is -3.18. The molecule has 0 heterocycles. The first-order chi connectivity index (χ1) is 9.10. The molecular weight excluding hydrogens is 124 g/mol. The van der Waals surface area contributed by atoms with E-state index in [9.17, 15) is 5.11 Å². The monoisotopic (exact) mass is 147 g/mol. The van der Waals surface area contributed by atoms with Crippen LogP contribution in [-0.2, 0) is 0 Å². The van der Waals surface area contributed by atoms with E-state index in [2.05, 4.69) is 0 Å². The van der Waals surface area contributed by atoms with Gasteiger partial charge in [-0.15, -0.1) is 0 Å². The highest BCUT2D eigenvalue weighted by atomic mass is 16.3. The lowest BCUT2D eigenvalue weighted by atomic mass is 10.1. The zero-order chi connectivity index (χ0) is 17.0. The second-order valence-corrected chi connectivity index (χ2v) is 1.72. The van der Waals surface area contributed by atoms with E-state index in [0.717, 1.165) is 0 Å².